The van der Waals surface area contributed by atoms with Crippen LogP contribution in [0.2, 0.25) is 0 Å². The number of fused-ring (bicyclic) bond motifs is 5. The molecule has 9 nitrogen and oxygen atoms in total. The van der Waals surface area contributed by atoms with Crippen LogP contribution >= 0.6 is 0 Å². The highest BCUT2D eigenvalue weighted by atomic mass is 16.5. The summed E-state index contributed by atoms with van der Waals surface area (Å²) in [5, 5.41) is 3.10. The highest BCUT2D eigenvalue weighted by molar-refractivity contribution is 5.80. The van der Waals surface area contributed by atoms with Gasteiger partial charge in [0.05, 0.1) is 39.0 Å². The van der Waals surface area contributed by atoms with E-state index >= 15 is 0 Å². The van der Waals surface area contributed by atoms with Crippen LogP contribution in [0.4, 0.5) is 0 Å². The van der Waals surface area contributed by atoms with Gasteiger partial charge in [0.25, 0.3) is 0 Å². The molecule has 0 saturated carbocycles. The lowest BCUT2D eigenvalue weighted by Gasteiger charge is -2.23. The van der Waals surface area contributed by atoms with Crippen molar-refractivity contribution in [1.29, 1.82) is 0 Å². The predicted molar refractivity (Wildman–Crippen MR) is 131 cm³/mol. The molecule has 4 bridgehead atoms. The number of carbonyl (C=O) groups excluding carboxylic acids is 2. The lowest BCUT2D eigenvalue weighted by atomic mass is 10.1. The minimum atomic E-state index is -0.305. The van der Waals surface area contributed by atoms with E-state index in [0.29, 0.717) is 50.0 Å². The van der Waals surface area contributed by atoms with Crippen LogP contribution in [0.3, 0.4) is 0 Å². The van der Waals surface area contributed by atoms with Gasteiger partial charge in [0.1, 0.15) is 5.75 Å². The molecule has 1 N–H and O–H groups in total. The van der Waals surface area contributed by atoms with Crippen LogP contribution in [0.25, 0.3) is 0 Å². The zero-order valence-electron chi connectivity index (χ0n) is 20.8. The summed E-state index contributed by atoms with van der Waals surface area (Å²) in [6.07, 6.45) is -0.305. The van der Waals surface area contributed by atoms with E-state index < -0.39 is 0 Å². The molecule has 2 aliphatic heterocycles. The Kier molecular flexibility index (Phi) is 7.90. The van der Waals surface area contributed by atoms with Gasteiger partial charge < -0.3 is 29.3 Å². The summed E-state index contributed by atoms with van der Waals surface area (Å²) >= 11 is 0. The van der Waals surface area contributed by atoms with E-state index in [4.69, 9.17) is 14.2 Å². The third kappa shape index (κ3) is 6.50. The van der Waals surface area contributed by atoms with Crippen molar-refractivity contribution in [2.45, 2.75) is 25.3 Å². The molecule has 0 spiro atoms. The lowest BCUT2D eigenvalue weighted by Crippen LogP contribution is -2.47. The van der Waals surface area contributed by atoms with Crippen LogP contribution in [-0.2, 0) is 27.5 Å². The Bertz CT molecular complexity index is 1060. The SMILES string of the molecule is COc1ccc2cc1Oc1cccc(c1)CO[C@H]1CN(C(=O)CN(C)C)C[C@@H]1NC(=O)CN(C)C2. The first-order valence-electron chi connectivity index (χ1n) is 11.8. The average Bonchev–Trinajstić information content (AvgIpc) is 3.19. The molecular formula is C26H34N4O5. The van der Waals surface area contributed by atoms with Crippen molar-refractivity contribution >= 4 is 11.8 Å². The van der Waals surface area contributed by atoms with Crippen molar-refractivity contribution in [3.63, 3.8) is 0 Å². The van der Waals surface area contributed by atoms with Gasteiger partial charge in [-0.15, -0.1) is 0 Å². The second-order valence-electron chi connectivity index (χ2n) is 9.47. The number of amides is 2. The Morgan fingerprint density at radius 3 is 2.74 bits per heavy atom. The first-order chi connectivity index (χ1) is 16.8. The van der Waals surface area contributed by atoms with Crippen LogP contribution in [0.1, 0.15) is 11.1 Å². The number of hydrogen-bond donors (Lipinski definition) is 1. The second kappa shape index (κ2) is 11.1. The summed E-state index contributed by atoms with van der Waals surface area (Å²) in [6, 6.07) is 13.2. The monoisotopic (exact) mass is 482 g/mol. The number of benzene rings is 2. The summed E-state index contributed by atoms with van der Waals surface area (Å²) in [5.74, 6) is 1.84. The molecule has 188 valence electrons. The highest BCUT2D eigenvalue weighted by Crippen LogP contribution is 2.33. The number of rotatable bonds is 3. The molecule has 2 atom stereocenters. The van der Waals surface area contributed by atoms with Gasteiger partial charge in [0, 0.05) is 19.6 Å². The first kappa shape index (κ1) is 25.0. The number of nitrogens with zero attached hydrogens (tertiary/aromatic N) is 3. The molecule has 2 heterocycles. The third-order valence-corrected chi connectivity index (χ3v) is 6.10. The fraction of sp³-hybridized carbons (Fsp3) is 0.462. The van der Waals surface area contributed by atoms with Crippen LogP contribution in [0, 0.1) is 0 Å². The molecule has 35 heavy (non-hydrogen) atoms. The summed E-state index contributed by atoms with van der Waals surface area (Å²) < 4.78 is 17.9. The number of carbonyl (C=O) groups is 2. The predicted octanol–water partition coefficient (Wildman–Crippen LogP) is 1.71. The third-order valence-electron chi connectivity index (χ3n) is 6.10. The molecule has 0 aromatic heterocycles. The Morgan fingerprint density at radius 2 is 1.97 bits per heavy atom. The van der Waals surface area contributed by atoms with Gasteiger partial charge in [-0.2, -0.15) is 0 Å². The summed E-state index contributed by atoms with van der Waals surface area (Å²) in [6.45, 7) is 2.30. The largest absolute Gasteiger partial charge is 0.493 e. The Balaban J connectivity index is 1.59. The molecule has 2 amide bonds. The van der Waals surface area contributed by atoms with Crippen molar-refractivity contribution in [2.75, 3.05) is 54.4 Å². The smallest absolute Gasteiger partial charge is 0.236 e. The van der Waals surface area contributed by atoms with E-state index in [1.807, 2.05) is 73.4 Å². The van der Waals surface area contributed by atoms with Crippen molar-refractivity contribution in [2.24, 2.45) is 0 Å². The number of hydrogen-bond acceptors (Lipinski definition) is 7. The molecule has 1 saturated heterocycles. The number of ether oxygens (including phenoxy) is 3. The summed E-state index contributed by atoms with van der Waals surface area (Å²) in [7, 11) is 7.24. The molecule has 0 unspecified atom stereocenters. The molecule has 4 rings (SSSR count). The molecule has 2 aromatic carbocycles. The van der Waals surface area contributed by atoms with Crippen molar-refractivity contribution in [3.8, 4) is 17.2 Å². The highest BCUT2D eigenvalue weighted by Gasteiger charge is 2.37. The van der Waals surface area contributed by atoms with Crippen LogP contribution < -0.4 is 14.8 Å². The number of nitrogens with one attached hydrogen (secondary N) is 1. The Hall–Kier alpha value is -3.14. The lowest BCUT2D eigenvalue weighted by molar-refractivity contribution is -0.131. The standard InChI is InChI=1S/C26H34N4O5/c1-28(2)16-26(32)30-13-21-24(14-30)34-17-19-6-5-7-20(10-19)35-23-11-18(8-9-22(23)33-4)12-29(3)15-25(31)27-21/h5-11,21,24H,12-17H2,1-4H3,(H,27,31)/t21-,24-/m0/s1. The van der Waals surface area contributed by atoms with Crippen LogP contribution in [0.5, 0.6) is 17.2 Å². The van der Waals surface area contributed by atoms with Crippen molar-refractivity contribution < 1.29 is 23.8 Å². The zero-order valence-corrected chi connectivity index (χ0v) is 20.8. The molecule has 1 fully saturated rings. The van der Waals surface area contributed by atoms with E-state index in [0.717, 1.165) is 11.1 Å². The van der Waals surface area contributed by atoms with E-state index in [2.05, 4.69) is 5.32 Å². The fourth-order valence-electron chi connectivity index (χ4n) is 4.45. The van der Waals surface area contributed by atoms with Gasteiger partial charge in [-0.1, -0.05) is 18.2 Å². The second-order valence-corrected chi connectivity index (χ2v) is 9.47. The van der Waals surface area contributed by atoms with E-state index in [-0.39, 0.29) is 30.5 Å². The minimum Gasteiger partial charge on any atom is -0.493 e. The van der Waals surface area contributed by atoms with E-state index in [1.165, 1.54) is 0 Å². The van der Waals surface area contributed by atoms with Crippen molar-refractivity contribution in [1.82, 2.24) is 20.0 Å². The number of methoxy groups -OCH3 is 1. The molecule has 9 heteroatoms. The first-order valence-corrected chi connectivity index (χ1v) is 11.8. The van der Waals surface area contributed by atoms with Gasteiger partial charge in [0.2, 0.25) is 11.8 Å². The average molecular weight is 483 g/mol. The molecular weight excluding hydrogens is 448 g/mol. The van der Waals surface area contributed by atoms with Gasteiger partial charge in [-0.3, -0.25) is 14.5 Å². The quantitative estimate of drug-likeness (QED) is 0.713. The molecule has 0 radical (unpaired) electrons. The minimum absolute atomic E-state index is 0.0203. The number of likely N-dealkylation sites (N-methyl/N-ethyl adjacent to an activating group) is 2. The molecule has 2 aromatic rings. The fourth-order valence-corrected chi connectivity index (χ4v) is 4.45. The normalized spacial score (nSPS) is 21.3. The molecule has 2 aliphatic rings. The topological polar surface area (TPSA) is 83.6 Å². The maximum absolute atomic E-state index is 12.9. The van der Waals surface area contributed by atoms with Crippen LogP contribution in [0.15, 0.2) is 42.5 Å². The van der Waals surface area contributed by atoms with Crippen LogP contribution in [-0.4, -0.2) is 93.1 Å². The zero-order chi connectivity index (χ0) is 24.9. The Labute approximate surface area is 206 Å². The van der Waals surface area contributed by atoms with E-state index in [9.17, 15) is 9.59 Å². The maximum Gasteiger partial charge on any atom is 0.236 e. The van der Waals surface area contributed by atoms with Gasteiger partial charge >= 0.3 is 0 Å². The van der Waals surface area contributed by atoms with Gasteiger partial charge in [0.15, 0.2) is 11.5 Å². The number of likely N-dealkylation sites (tertiary alicyclic amines) is 1. The summed E-state index contributed by atoms with van der Waals surface area (Å²) in [4.78, 5) is 31.1. The Morgan fingerprint density at radius 1 is 1.14 bits per heavy atom. The van der Waals surface area contributed by atoms with E-state index in [1.54, 1.807) is 12.0 Å². The molecule has 0 aliphatic carbocycles. The maximum atomic E-state index is 12.9. The van der Waals surface area contributed by atoms with Gasteiger partial charge in [-0.25, -0.2) is 0 Å². The summed E-state index contributed by atoms with van der Waals surface area (Å²) in [5.41, 5.74) is 1.94. The van der Waals surface area contributed by atoms with Crippen molar-refractivity contribution in [3.05, 3.63) is 53.6 Å². The van der Waals surface area contributed by atoms with Gasteiger partial charge in [-0.05, 0) is 56.5 Å².